The molecule has 0 aliphatic carbocycles. The zero-order valence-electron chi connectivity index (χ0n) is 11.1. The van der Waals surface area contributed by atoms with Gasteiger partial charge in [-0.1, -0.05) is 29.6 Å². The van der Waals surface area contributed by atoms with Gasteiger partial charge in [0.15, 0.2) is 6.10 Å². The SMILES string of the molecule is C#CCC#CCC(C)(CC#CC(O)C#C)C(=O)OC. The van der Waals surface area contributed by atoms with Crippen molar-refractivity contribution in [2.24, 2.45) is 5.41 Å². The van der Waals surface area contributed by atoms with Gasteiger partial charge in [0.05, 0.1) is 18.9 Å². The van der Waals surface area contributed by atoms with Gasteiger partial charge in [0.2, 0.25) is 0 Å². The van der Waals surface area contributed by atoms with E-state index in [0.29, 0.717) is 6.42 Å². The molecule has 0 aromatic rings. The molecule has 0 aliphatic heterocycles. The van der Waals surface area contributed by atoms with E-state index < -0.39 is 17.5 Å². The van der Waals surface area contributed by atoms with Crippen molar-refractivity contribution in [1.29, 1.82) is 0 Å². The molecule has 0 spiro atoms. The molecule has 3 heteroatoms. The van der Waals surface area contributed by atoms with Gasteiger partial charge in [-0.2, -0.15) is 0 Å². The average Bonchev–Trinajstić information content (AvgIpc) is 2.42. The summed E-state index contributed by atoms with van der Waals surface area (Å²) < 4.78 is 4.74. The fourth-order valence-electron chi connectivity index (χ4n) is 1.21. The Bertz CT molecular complexity index is 511. The molecule has 0 amide bonds. The van der Waals surface area contributed by atoms with Gasteiger partial charge in [-0.25, -0.2) is 0 Å². The van der Waals surface area contributed by atoms with Crippen molar-refractivity contribution in [1.82, 2.24) is 0 Å². The standard InChI is InChI=1S/C16H16O3/c1-5-7-8-9-12-16(3,15(18)19-4)13-10-11-14(17)6-2/h1-2,14,17H,7,12-13H2,3-4H3. The molecule has 0 aliphatic rings. The first-order valence-electron chi connectivity index (χ1n) is 5.60. The summed E-state index contributed by atoms with van der Waals surface area (Å²) in [5.74, 6) is 14.8. The van der Waals surface area contributed by atoms with Crippen molar-refractivity contribution in [3.8, 4) is 48.4 Å². The summed E-state index contributed by atoms with van der Waals surface area (Å²) in [7, 11) is 1.30. The number of carbonyl (C=O) groups is 1. The third-order valence-corrected chi connectivity index (χ3v) is 2.35. The minimum atomic E-state index is -1.13. The summed E-state index contributed by atoms with van der Waals surface area (Å²) >= 11 is 0. The Hall–Kier alpha value is -2.33. The van der Waals surface area contributed by atoms with E-state index in [0.717, 1.165) is 0 Å². The predicted octanol–water partition coefficient (Wildman–Crippen LogP) is 0.970. The first kappa shape index (κ1) is 16.7. The van der Waals surface area contributed by atoms with Gasteiger partial charge in [-0.3, -0.25) is 4.79 Å². The molecule has 0 saturated carbocycles. The first-order valence-corrected chi connectivity index (χ1v) is 5.60. The molecule has 3 nitrogen and oxygen atoms in total. The van der Waals surface area contributed by atoms with E-state index in [2.05, 4.69) is 35.5 Å². The summed E-state index contributed by atoms with van der Waals surface area (Å²) in [5, 5.41) is 9.12. The number of methoxy groups -OCH3 is 1. The highest BCUT2D eigenvalue weighted by atomic mass is 16.5. The van der Waals surface area contributed by atoms with Crippen LogP contribution >= 0.6 is 0 Å². The number of aliphatic hydroxyl groups is 1. The van der Waals surface area contributed by atoms with Crippen molar-refractivity contribution >= 4 is 5.97 Å². The monoisotopic (exact) mass is 256 g/mol. The Morgan fingerprint density at radius 3 is 2.47 bits per heavy atom. The Balaban J connectivity index is 4.85. The zero-order valence-corrected chi connectivity index (χ0v) is 11.1. The van der Waals surface area contributed by atoms with Crippen LogP contribution in [0, 0.1) is 53.8 Å². The van der Waals surface area contributed by atoms with E-state index in [4.69, 9.17) is 22.7 Å². The molecule has 0 fully saturated rings. The number of ether oxygens (including phenoxy) is 1. The van der Waals surface area contributed by atoms with Crippen LogP contribution in [0.1, 0.15) is 26.2 Å². The second-order valence-corrected chi connectivity index (χ2v) is 4.03. The third kappa shape index (κ3) is 6.24. The molecule has 98 valence electrons. The quantitative estimate of drug-likeness (QED) is 0.604. The van der Waals surface area contributed by atoms with Gasteiger partial charge in [0.1, 0.15) is 0 Å². The Kier molecular flexibility index (Phi) is 7.65. The van der Waals surface area contributed by atoms with E-state index in [9.17, 15) is 4.79 Å². The van der Waals surface area contributed by atoms with E-state index in [-0.39, 0.29) is 12.8 Å². The second kappa shape index (κ2) is 8.72. The molecular formula is C16H16O3. The maximum Gasteiger partial charge on any atom is 0.313 e. The fourth-order valence-corrected chi connectivity index (χ4v) is 1.21. The third-order valence-electron chi connectivity index (χ3n) is 2.35. The Labute approximate surface area is 114 Å². The van der Waals surface area contributed by atoms with Gasteiger partial charge >= 0.3 is 5.97 Å². The minimum Gasteiger partial charge on any atom is -0.469 e. The highest BCUT2D eigenvalue weighted by molar-refractivity contribution is 5.77. The van der Waals surface area contributed by atoms with Gasteiger partial charge in [-0.05, 0) is 6.92 Å². The zero-order chi connectivity index (χ0) is 14.7. The molecule has 19 heavy (non-hydrogen) atoms. The number of aliphatic hydroxyl groups excluding tert-OH is 1. The summed E-state index contributed by atoms with van der Waals surface area (Å²) in [6.07, 6.45) is 9.75. The normalized spacial score (nSPS) is 13.1. The van der Waals surface area contributed by atoms with Crippen molar-refractivity contribution in [3.05, 3.63) is 0 Å². The number of hydrogen-bond donors (Lipinski definition) is 1. The van der Waals surface area contributed by atoms with E-state index in [1.54, 1.807) is 6.92 Å². The highest BCUT2D eigenvalue weighted by Gasteiger charge is 2.32. The van der Waals surface area contributed by atoms with Crippen LogP contribution in [-0.4, -0.2) is 24.3 Å². The predicted molar refractivity (Wildman–Crippen MR) is 73.2 cm³/mol. The van der Waals surface area contributed by atoms with E-state index >= 15 is 0 Å². The van der Waals surface area contributed by atoms with Crippen molar-refractivity contribution in [2.75, 3.05) is 7.11 Å². The van der Waals surface area contributed by atoms with E-state index in [1.165, 1.54) is 7.11 Å². The molecule has 2 atom stereocenters. The van der Waals surface area contributed by atoms with Crippen LogP contribution in [0.3, 0.4) is 0 Å². The molecule has 0 heterocycles. The average molecular weight is 256 g/mol. The largest absolute Gasteiger partial charge is 0.469 e. The van der Waals surface area contributed by atoms with Crippen molar-refractivity contribution in [3.63, 3.8) is 0 Å². The Morgan fingerprint density at radius 1 is 1.32 bits per heavy atom. The summed E-state index contributed by atoms with van der Waals surface area (Å²) in [6, 6.07) is 0. The molecule has 0 rings (SSSR count). The van der Waals surface area contributed by atoms with Crippen LogP contribution in [0.2, 0.25) is 0 Å². The molecule has 0 aromatic heterocycles. The molecule has 1 N–H and O–H groups in total. The summed E-state index contributed by atoms with van der Waals surface area (Å²) in [4.78, 5) is 11.7. The lowest BCUT2D eigenvalue weighted by molar-refractivity contribution is -0.151. The first-order chi connectivity index (χ1) is 9.00. The second-order valence-electron chi connectivity index (χ2n) is 4.03. The van der Waals surface area contributed by atoms with Gasteiger partial charge in [0.25, 0.3) is 0 Å². The van der Waals surface area contributed by atoms with Crippen LogP contribution < -0.4 is 0 Å². The lowest BCUT2D eigenvalue weighted by Crippen LogP contribution is -2.28. The lowest BCUT2D eigenvalue weighted by Gasteiger charge is -2.21. The number of hydrogen-bond acceptors (Lipinski definition) is 3. The van der Waals surface area contributed by atoms with Crippen molar-refractivity contribution < 1.29 is 14.6 Å². The topological polar surface area (TPSA) is 46.5 Å². The number of terminal acetylenes is 2. The van der Waals surface area contributed by atoms with E-state index in [1.807, 2.05) is 0 Å². The van der Waals surface area contributed by atoms with Crippen LogP contribution in [0.4, 0.5) is 0 Å². The number of carbonyl (C=O) groups excluding carboxylic acids is 1. The smallest absolute Gasteiger partial charge is 0.313 e. The highest BCUT2D eigenvalue weighted by Crippen LogP contribution is 2.26. The van der Waals surface area contributed by atoms with Crippen LogP contribution in [0.5, 0.6) is 0 Å². The van der Waals surface area contributed by atoms with Crippen molar-refractivity contribution in [2.45, 2.75) is 32.3 Å². The number of esters is 1. The van der Waals surface area contributed by atoms with Gasteiger partial charge in [-0.15, -0.1) is 18.8 Å². The fraction of sp³-hybridized carbons (Fsp3) is 0.438. The molecule has 0 aromatic carbocycles. The maximum atomic E-state index is 11.7. The van der Waals surface area contributed by atoms with Crippen LogP contribution in [-0.2, 0) is 9.53 Å². The van der Waals surface area contributed by atoms with Gasteiger partial charge < -0.3 is 9.84 Å². The molecular weight excluding hydrogens is 240 g/mol. The molecule has 0 radical (unpaired) electrons. The minimum absolute atomic E-state index is 0.198. The maximum absolute atomic E-state index is 11.7. The molecule has 2 unspecified atom stereocenters. The number of rotatable bonds is 3. The summed E-state index contributed by atoms with van der Waals surface area (Å²) in [5.41, 5.74) is -0.863. The lowest BCUT2D eigenvalue weighted by atomic mass is 9.83. The van der Waals surface area contributed by atoms with Crippen LogP contribution in [0.15, 0.2) is 0 Å². The molecule has 0 bridgehead atoms. The van der Waals surface area contributed by atoms with Gasteiger partial charge in [0, 0.05) is 12.8 Å². The Morgan fingerprint density at radius 2 is 1.95 bits per heavy atom. The molecule has 0 saturated heterocycles. The summed E-state index contributed by atoms with van der Waals surface area (Å²) in [6.45, 7) is 1.69. The van der Waals surface area contributed by atoms with Crippen LogP contribution in [0.25, 0.3) is 0 Å².